The lowest BCUT2D eigenvalue weighted by atomic mass is 9.95. The lowest BCUT2D eigenvalue weighted by Gasteiger charge is -2.26. The summed E-state index contributed by atoms with van der Waals surface area (Å²) in [6, 6.07) is 10.7. The second kappa shape index (κ2) is 12.0. The molecule has 0 fully saturated rings. The Kier molecular flexibility index (Phi) is 8.38. The maximum atomic E-state index is 14.0. The van der Waals surface area contributed by atoms with Gasteiger partial charge in [-0.2, -0.15) is 0 Å². The maximum absolute atomic E-state index is 14.0. The Morgan fingerprint density at radius 3 is 2.56 bits per heavy atom. The van der Waals surface area contributed by atoms with E-state index in [9.17, 15) is 19.7 Å². The summed E-state index contributed by atoms with van der Waals surface area (Å²) < 4.78 is 24.6. The molecular weight excluding hydrogens is 642 g/mol. The Bertz CT molecular complexity index is 1990. The van der Waals surface area contributed by atoms with Crippen molar-refractivity contribution in [2.75, 3.05) is 20.8 Å². The van der Waals surface area contributed by atoms with Crippen molar-refractivity contribution in [1.29, 1.82) is 0 Å². The number of nitro benzene ring substituents is 1. The molecule has 1 aliphatic rings. The number of fused-ring (bicyclic) bond motifs is 1. The zero-order valence-electron chi connectivity index (χ0n) is 23.8. The number of thiazole rings is 1. The van der Waals surface area contributed by atoms with Gasteiger partial charge in [0.1, 0.15) is 11.5 Å². The number of nitrogens with zero attached hydrogens (tertiary/aromatic N) is 3. The van der Waals surface area contributed by atoms with Crippen molar-refractivity contribution in [1.82, 2.24) is 4.57 Å². The van der Waals surface area contributed by atoms with Crippen LogP contribution in [0.25, 0.3) is 17.4 Å². The molecule has 0 amide bonds. The summed E-state index contributed by atoms with van der Waals surface area (Å²) >= 11 is 4.73. The molecule has 0 saturated heterocycles. The van der Waals surface area contributed by atoms with Crippen molar-refractivity contribution in [3.63, 3.8) is 0 Å². The number of benzene rings is 2. The van der Waals surface area contributed by atoms with Crippen LogP contribution in [0.2, 0.25) is 0 Å². The van der Waals surface area contributed by atoms with Crippen LogP contribution in [0, 0.1) is 17.0 Å². The van der Waals surface area contributed by atoms with Gasteiger partial charge in [0, 0.05) is 27.7 Å². The number of carbonyl (C=O) groups excluding carboxylic acids is 1. The predicted molar refractivity (Wildman–Crippen MR) is 163 cm³/mol. The average Bonchev–Trinajstić information content (AvgIpc) is 3.56. The number of nitro groups is 1. The van der Waals surface area contributed by atoms with Crippen LogP contribution in [0.1, 0.15) is 36.8 Å². The molecule has 4 aromatic rings. The van der Waals surface area contributed by atoms with Gasteiger partial charge in [0.25, 0.3) is 11.2 Å². The van der Waals surface area contributed by atoms with Crippen LogP contribution in [-0.2, 0) is 9.53 Å². The highest BCUT2D eigenvalue weighted by Gasteiger charge is 2.35. The number of ether oxygens (including phenoxy) is 3. The molecule has 0 unspecified atom stereocenters. The quantitative estimate of drug-likeness (QED) is 0.145. The molecule has 3 heterocycles. The SMILES string of the molecule is CCOC(=O)C1=C(C)N=c2s/c(=C\c3ccc(-c4ccc(C)c([N+](=O)[O-])c4)o3)c(=O)n2[C@@H]1c1cc(OC)c(OC)cc1Br. The van der Waals surface area contributed by atoms with Crippen LogP contribution in [-0.4, -0.2) is 36.3 Å². The first-order valence-electron chi connectivity index (χ1n) is 13.0. The normalized spacial score (nSPS) is 14.7. The van der Waals surface area contributed by atoms with E-state index in [1.807, 2.05) is 0 Å². The second-order valence-corrected chi connectivity index (χ2v) is 11.4. The third-order valence-corrected chi connectivity index (χ3v) is 8.57. The van der Waals surface area contributed by atoms with Crippen molar-refractivity contribution in [2.45, 2.75) is 26.8 Å². The summed E-state index contributed by atoms with van der Waals surface area (Å²) in [4.78, 5) is 43.2. The first-order valence-corrected chi connectivity index (χ1v) is 14.6. The van der Waals surface area contributed by atoms with E-state index in [0.717, 1.165) is 11.3 Å². The molecule has 0 spiro atoms. The zero-order chi connectivity index (χ0) is 31.0. The number of aromatic nitrogens is 1. The maximum Gasteiger partial charge on any atom is 0.338 e. The summed E-state index contributed by atoms with van der Waals surface area (Å²) in [6.45, 7) is 5.21. The molecule has 0 bridgehead atoms. The number of hydrogen-bond donors (Lipinski definition) is 0. The summed E-state index contributed by atoms with van der Waals surface area (Å²) in [5.74, 6) is 1.08. The van der Waals surface area contributed by atoms with E-state index in [4.69, 9.17) is 18.6 Å². The first kappa shape index (κ1) is 30.0. The molecule has 2 aromatic heterocycles. The monoisotopic (exact) mass is 667 g/mol. The Labute approximate surface area is 257 Å². The number of allylic oxidation sites excluding steroid dienone is 1. The Balaban J connectivity index is 1.66. The zero-order valence-corrected chi connectivity index (χ0v) is 26.2. The lowest BCUT2D eigenvalue weighted by Crippen LogP contribution is -2.40. The van der Waals surface area contributed by atoms with Gasteiger partial charge in [-0.15, -0.1) is 0 Å². The minimum atomic E-state index is -0.882. The van der Waals surface area contributed by atoms with Crippen molar-refractivity contribution in [3.8, 4) is 22.8 Å². The van der Waals surface area contributed by atoms with Gasteiger partial charge in [0.05, 0.1) is 47.6 Å². The van der Waals surface area contributed by atoms with Crippen LogP contribution < -0.4 is 24.4 Å². The van der Waals surface area contributed by atoms with Crippen molar-refractivity contribution >= 4 is 45.0 Å². The second-order valence-electron chi connectivity index (χ2n) is 9.49. The van der Waals surface area contributed by atoms with Crippen molar-refractivity contribution in [2.24, 2.45) is 4.99 Å². The molecule has 1 aliphatic heterocycles. The molecule has 11 nitrogen and oxygen atoms in total. The fourth-order valence-electron chi connectivity index (χ4n) is 4.84. The Hall–Kier alpha value is -4.49. The molecular formula is C30H26BrN3O8S. The van der Waals surface area contributed by atoms with Crippen LogP contribution in [0.5, 0.6) is 11.5 Å². The summed E-state index contributed by atoms with van der Waals surface area (Å²) in [5, 5.41) is 11.4. The summed E-state index contributed by atoms with van der Waals surface area (Å²) in [6.07, 6.45) is 1.58. The molecule has 13 heteroatoms. The highest BCUT2D eigenvalue weighted by atomic mass is 79.9. The minimum absolute atomic E-state index is 0.0159. The van der Waals surface area contributed by atoms with E-state index in [1.165, 1.54) is 24.9 Å². The van der Waals surface area contributed by atoms with Gasteiger partial charge in [-0.3, -0.25) is 19.5 Å². The van der Waals surface area contributed by atoms with Crippen LogP contribution in [0.15, 0.2) is 72.4 Å². The third-order valence-electron chi connectivity index (χ3n) is 6.90. The van der Waals surface area contributed by atoms with Gasteiger partial charge in [-0.1, -0.05) is 39.4 Å². The lowest BCUT2D eigenvalue weighted by molar-refractivity contribution is -0.385. The number of methoxy groups -OCH3 is 2. The summed E-state index contributed by atoms with van der Waals surface area (Å²) in [5.41, 5.74) is 1.87. The van der Waals surface area contributed by atoms with Crippen LogP contribution in [0.4, 0.5) is 5.69 Å². The van der Waals surface area contributed by atoms with E-state index in [2.05, 4.69) is 20.9 Å². The van der Waals surface area contributed by atoms with Gasteiger partial charge in [-0.05, 0) is 50.6 Å². The van der Waals surface area contributed by atoms with Gasteiger partial charge >= 0.3 is 5.97 Å². The molecule has 2 aromatic carbocycles. The Morgan fingerprint density at radius 1 is 1.16 bits per heavy atom. The van der Waals surface area contributed by atoms with Gasteiger partial charge in [0.2, 0.25) is 0 Å². The highest BCUT2D eigenvalue weighted by molar-refractivity contribution is 9.10. The number of furan rings is 1. The number of hydrogen-bond acceptors (Lipinski definition) is 10. The minimum Gasteiger partial charge on any atom is -0.493 e. The van der Waals surface area contributed by atoms with Crippen LogP contribution in [0.3, 0.4) is 0 Å². The molecule has 0 aliphatic carbocycles. The smallest absolute Gasteiger partial charge is 0.338 e. The van der Waals surface area contributed by atoms with E-state index < -0.39 is 22.5 Å². The molecule has 0 saturated carbocycles. The number of carbonyl (C=O) groups is 1. The molecule has 0 radical (unpaired) electrons. The number of halogens is 1. The first-order chi connectivity index (χ1) is 20.6. The predicted octanol–water partition coefficient (Wildman–Crippen LogP) is 5.05. The fourth-order valence-corrected chi connectivity index (χ4v) is 6.41. The molecule has 222 valence electrons. The molecule has 43 heavy (non-hydrogen) atoms. The van der Waals surface area contributed by atoms with E-state index in [1.54, 1.807) is 63.2 Å². The van der Waals surface area contributed by atoms with Gasteiger partial charge in [-0.25, -0.2) is 9.79 Å². The Morgan fingerprint density at radius 2 is 1.88 bits per heavy atom. The fraction of sp³-hybridized carbons (Fsp3) is 0.233. The number of rotatable bonds is 8. The molecule has 0 N–H and O–H groups in total. The standard InChI is InChI=1S/C30H26BrN3O8S/c1-6-41-29(36)26-16(3)32-30-33(27(26)19-13-23(39-4)24(40-5)14-20(19)31)28(35)25(43-30)12-18-9-10-22(42-18)17-8-7-15(2)21(11-17)34(37)38/h7-14,27H,6H2,1-5H3/b25-12-/t27-/m1/s1. The van der Waals surface area contributed by atoms with Crippen LogP contribution >= 0.6 is 27.3 Å². The van der Waals surface area contributed by atoms with Gasteiger partial charge < -0.3 is 18.6 Å². The van der Waals surface area contributed by atoms with E-state index >= 15 is 0 Å². The summed E-state index contributed by atoms with van der Waals surface area (Å²) in [7, 11) is 3.02. The molecule has 1 atom stereocenters. The largest absolute Gasteiger partial charge is 0.493 e. The van der Waals surface area contributed by atoms with Crippen molar-refractivity contribution < 1.29 is 28.3 Å². The molecule has 5 rings (SSSR count). The van der Waals surface area contributed by atoms with Crippen molar-refractivity contribution in [3.05, 3.63) is 105 Å². The van der Waals surface area contributed by atoms with E-state index in [0.29, 0.717) is 59.2 Å². The van der Waals surface area contributed by atoms with E-state index in [-0.39, 0.29) is 17.9 Å². The number of esters is 1. The van der Waals surface area contributed by atoms with Gasteiger partial charge in [0.15, 0.2) is 16.3 Å². The number of aryl methyl sites for hydroxylation is 1. The third kappa shape index (κ3) is 5.53. The highest BCUT2D eigenvalue weighted by Crippen LogP contribution is 2.41. The topological polar surface area (TPSA) is 135 Å². The average molecular weight is 669 g/mol.